The Kier molecular flexibility index (Phi) is 18.2. The molecule has 0 fully saturated rings. The van der Waals surface area contributed by atoms with Gasteiger partial charge in [0.2, 0.25) is 0 Å². The van der Waals surface area contributed by atoms with Crippen molar-refractivity contribution < 1.29 is 75.1 Å². The van der Waals surface area contributed by atoms with Crippen molar-refractivity contribution >= 4 is 69.9 Å². The van der Waals surface area contributed by atoms with E-state index in [1.165, 1.54) is 0 Å². The predicted molar refractivity (Wildman–Crippen MR) is 143 cm³/mol. The first kappa shape index (κ1) is 41.5. The van der Waals surface area contributed by atoms with E-state index in [4.69, 9.17) is 19.7 Å². The first-order valence-electron chi connectivity index (χ1n) is 11.9. The number of hydrogen-bond acceptors (Lipinski definition) is 18. The molecule has 0 aliphatic carbocycles. The second-order valence-corrected chi connectivity index (χ2v) is 10.8. The minimum atomic E-state index is -4.92. The van der Waals surface area contributed by atoms with Crippen LogP contribution in [0.5, 0.6) is 23.0 Å². The maximum Gasteiger partial charge on any atom is 2.00 e. The Morgan fingerprint density at radius 3 is 1.29 bits per heavy atom. The van der Waals surface area contributed by atoms with Crippen molar-refractivity contribution in [1.82, 2.24) is 0 Å². The first-order valence-corrected chi connectivity index (χ1v) is 14.8. The molecule has 0 amide bonds. The second kappa shape index (κ2) is 19.8. The molecule has 20 nitrogen and oxygen atoms in total. The SMILES string of the molecule is O=C(CCCCO[N+](=O)[O-])Oc1ccc(O)cc1S(=O)(=O)[O-].O=C(CCCCO[N+](=O)[O-])Oc1ccc(O)cc1S(=O)(=O)[O-].[Ca+2]. The maximum atomic E-state index is 11.5. The van der Waals surface area contributed by atoms with Gasteiger partial charge in [0.05, 0.1) is 13.2 Å². The fraction of sp³-hybridized carbons (Fsp3) is 0.364. The summed E-state index contributed by atoms with van der Waals surface area (Å²) in [4.78, 5) is 49.2. The van der Waals surface area contributed by atoms with Crippen LogP contribution in [0, 0.1) is 20.2 Å². The third kappa shape index (κ3) is 17.5. The Morgan fingerprint density at radius 2 is 1.00 bits per heavy atom. The first-order chi connectivity index (χ1) is 20.4. The van der Waals surface area contributed by atoms with E-state index in [-0.39, 0.29) is 89.5 Å². The van der Waals surface area contributed by atoms with Crippen molar-refractivity contribution in [1.29, 1.82) is 0 Å². The number of carbonyl (C=O) groups excluding carboxylic acids is 2. The smallest absolute Gasteiger partial charge is 0.744 e. The van der Waals surface area contributed by atoms with Gasteiger partial charge in [-0.15, -0.1) is 20.2 Å². The zero-order chi connectivity index (χ0) is 33.5. The third-order valence-electron chi connectivity index (χ3n) is 4.78. The van der Waals surface area contributed by atoms with E-state index in [1.54, 1.807) is 0 Å². The Hall–Kier alpha value is -3.54. The summed E-state index contributed by atoms with van der Waals surface area (Å²) >= 11 is 0. The summed E-state index contributed by atoms with van der Waals surface area (Å²) in [6, 6.07) is 5.43. The zero-order valence-corrected chi connectivity index (χ0v) is 26.8. The number of esters is 2. The normalized spacial score (nSPS) is 10.7. The fourth-order valence-electron chi connectivity index (χ4n) is 2.92. The molecule has 244 valence electrons. The standard InChI is InChI=1S/2C11H13NO9S.Ca/c2*13-8-4-5-9(10(7-8)22(17,18)19)21-11(14)3-1-2-6-20-12(15)16;/h2*4-5,7,13H,1-3,6H2,(H,17,18,19);/q;;+2/p-2. The van der Waals surface area contributed by atoms with Crippen molar-refractivity contribution in [3.05, 3.63) is 56.6 Å². The molecule has 0 saturated carbocycles. The molecule has 0 aliphatic heterocycles. The Balaban J connectivity index is 0.000000842. The van der Waals surface area contributed by atoms with E-state index in [0.717, 1.165) is 24.3 Å². The number of rotatable bonds is 16. The summed E-state index contributed by atoms with van der Waals surface area (Å²) in [7, 11) is -9.84. The number of carbonyl (C=O) groups is 2. The molecule has 2 aromatic carbocycles. The van der Waals surface area contributed by atoms with Crippen LogP contribution in [0.4, 0.5) is 0 Å². The van der Waals surface area contributed by atoms with Gasteiger partial charge in [-0.3, -0.25) is 9.59 Å². The van der Waals surface area contributed by atoms with Crippen LogP contribution < -0.4 is 9.47 Å². The molecule has 0 heterocycles. The van der Waals surface area contributed by atoms with Crippen LogP contribution in [-0.4, -0.2) is 109 Å². The number of nitrogens with zero attached hydrogens (tertiary/aromatic N) is 2. The average Bonchev–Trinajstić information content (AvgIpc) is 2.89. The predicted octanol–water partition coefficient (Wildman–Crippen LogP) is 0.780. The van der Waals surface area contributed by atoms with Crippen molar-refractivity contribution in [3.8, 4) is 23.0 Å². The molecular formula is C22H24CaN2O18S2. The molecule has 0 atom stereocenters. The summed E-state index contributed by atoms with van der Waals surface area (Å²) in [5.74, 6) is -3.55. The molecule has 0 aromatic heterocycles. The number of benzene rings is 2. The van der Waals surface area contributed by atoms with Gasteiger partial charge in [0.25, 0.3) is 10.2 Å². The largest absolute Gasteiger partial charge is 2.00 e. The number of hydrogen-bond donors (Lipinski definition) is 2. The molecule has 2 aromatic rings. The van der Waals surface area contributed by atoms with Gasteiger partial charge in [-0.05, 0) is 49.9 Å². The minimum absolute atomic E-state index is 0. The third-order valence-corrected chi connectivity index (χ3v) is 6.50. The van der Waals surface area contributed by atoms with E-state index < -0.39 is 75.1 Å². The van der Waals surface area contributed by atoms with Gasteiger partial charge in [0, 0.05) is 25.0 Å². The van der Waals surface area contributed by atoms with Crippen LogP contribution in [0.25, 0.3) is 0 Å². The quantitative estimate of drug-likeness (QED) is 0.0462. The summed E-state index contributed by atoms with van der Waals surface area (Å²) in [5, 5.41) is 36.2. The summed E-state index contributed by atoms with van der Waals surface area (Å²) in [6.45, 7) is -0.362. The molecule has 2 N–H and O–H groups in total. The molecule has 0 spiro atoms. The van der Waals surface area contributed by atoms with Crippen molar-refractivity contribution in [2.75, 3.05) is 13.2 Å². The maximum absolute atomic E-state index is 11.5. The Morgan fingerprint density at radius 1 is 0.667 bits per heavy atom. The molecule has 45 heavy (non-hydrogen) atoms. The Bertz CT molecular complexity index is 1430. The summed E-state index contributed by atoms with van der Waals surface area (Å²) in [6.07, 6.45) is 0.561. The fourth-order valence-corrected chi connectivity index (χ4v) is 4.16. The molecular weight excluding hydrogens is 684 g/mol. The van der Waals surface area contributed by atoms with Crippen molar-refractivity contribution in [3.63, 3.8) is 0 Å². The summed E-state index contributed by atoms with van der Waals surface area (Å²) in [5.41, 5.74) is 0. The average molecular weight is 709 g/mol. The molecule has 0 unspecified atom stereocenters. The molecule has 23 heteroatoms. The van der Waals surface area contributed by atoms with Gasteiger partial charge in [0.15, 0.2) is 0 Å². The molecule has 0 radical (unpaired) electrons. The van der Waals surface area contributed by atoms with Gasteiger partial charge >= 0.3 is 49.7 Å². The van der Waals surface area contributed by atoms with Gasteiger partial charge in [-0.1, -0.05) is 0 Å². The van der Waals surface area contributed by atoms with Crippen LogP contribution >= 0.6 is 0 Å². The molecule has 0 aliphatic rings. The van der Waals surface area contributed by atoms with Crippen molar-refractivity contribution in [2.24, 2.45) is 0 Å². The van der Waals surface area contributed by atoms with Gasteiger partial charge in [-0.2, -0.15) is 0 Å². The van der Waals surface area contributed by atoms with Gasteiger partial charge in [-0.25, -0.2) is 16.8 Å². The van der Waals surface area contributed by atoms with E-state index in [1.807, 2.05) is 0 Å². The van der Waals surface area contributed by atoms with Crippen LogP contribution in [0.3, 0.4) is 0 Å². The van der Waals surface area contributed by atoms with E-state index in [0.29, 0.717) is 12.1 Å². The summed E-state index contributed by atoms with van der Waals surface area (Å²) < 4.78 is 75.6. The minimum Gasteiger partial charge on any atom is -0.744 e. The number of unbranched alkanes of at least 4 members (excludes halogenated alkanes) is 2. The van der Waals surface area contributed by atoms with E-state index in [9.17, 15) is 55.8 Å². The van der Waals surface area contributed by atoms with E-state index in [2.05, 4.69) is 9.68 Å². The molecule has 2 rings (SSSR count). The molecule has 0 bridgehead atoms. The number of phenolic OH excluding ortho intramolecular Hbond substituents is 2. The number of ether oxygens (including phenoxy) is 2. The van der Waals surface area contributed by atoms with Crippen LogP contribution in [0.2, 0.25) is 0 Å². The van der Waals surface area contributed by atoms with E-state index >= 15 is 0 Å². The zero-order valence-electron chi connectivity index (χ0n) is 23.0. The number of aromatic hydroxyl groups is 2. The Labute approximate surface area is 284 Å². The van der Waals surface area contributed by atoms with Gasteiger partial charge in [0.1, 0.15) is 53.0 Å². The van der Waals surface area contributed by atoms with Gasteiger partial charge < -0.3 is 38.5 Å². The van der Waals surface area contributed by atoms with Crippen LogP contribution in [0.15, 0.2) is 46.2 Å². The number of phenols is 2. The molecule has 0 saturated heterocycles. The van der Waals surface area contributed by atoms with Crippen LogP contribution in [0.1, 0.15) is 38.5 Å². The monoisotopic (exact) mass is 708 g/mol. The second-order valence-electron chi connectivity index (χ2n) is 8.15. The van der Waals surface area contributed by atoms with Crippen molar-refractivity contribution in [2.45, 2.75) is 48.3 Å². The van der Waals surface area contributed by atoms with Crippen LogP contribution in [-0.2, 0) is 39.5 Å². The topological polar surface area (TPSA) is 312 Å².